The van der Waals surface area contributed by atoms with E-state index >= 15 is 0 Å². The topological polar surface area (TPSA) is 55.9 Å². The van der Waals surface area contributed by atoms with Gasteiger partial charge in [-0.25, -0.2) is 9.18 Å². The molecule has 0 radical (unpaired) electrons. The first-order valence-electron chi connectivity index (χ1n) is 8.60. The zero-order valence-corrected chi connectivity index (χ0v) is 15.0. The molecule has 3 rings (SSSR count). The Morgan fingerprint density at radius 2 is 1.76 bits per heavy atom. The first-order chi connectivity index (χ1) is 11.8. The molecule has 2 aliphatic heterocycles. The summed E-state index contributed by atoms with van der Waals surface area (Å²) in [6.45, 7) is 9.20. The number of carbonyl (C=O) groups excluding carboxylic acids is 2. The van der Waals surface area contributed by atoms with E-state index < -0.39 is 0 Å². The monoisotopic (exact) mass is 348 g/mol. The van der Waals surface area contributed by atoms with Crippen LogP contribution in [0.4, 0.5) is 14.9 Å². The summed E-state index contributed by atoms with van der Waals surface area (Å²) < 4.78 is 13.0. The summed E-state index contributed by atoms with van der Waals surface area (Å²) in [4.78, 5) is 30.4. The number of fused-ring (bicyclic) bond motifs is 1. The van der Waals surface area contributed by atoms with Crippen molar-refractivity contribution in [3.63, 3.8) is 0 Å². The summed E-state index contributed by atoms with van der Waals surface area (Å²) in [5, 5.41) is 2.81. The van der Waals surface area contributed by atoms with Crippen molar-refractivity contribution < 1.29 is 14.0 Å². The minimum atomic E-state index is -0.333. The van der Waals surface area contributed by atoms with Crippen molar-refractivity contribution in [1.82, 2.24) is 14.7 Å². The Kier molecular flexibility index (Phi) is 4.69. The molecule has 136 valence electrons. The molecule has 0 bridgehead atoms. The third-order valence-corrected chi connectivity index (χ3v) is 5.10. The van der Waals surface area contributed by atoms with Crippen LogP contribution in [0.2, 0.25) is 0 Å². The molecular weight excluding hydrogens is 323 g/mol. The molecule has 6 nitrogen and oxygen atoms in total. The zero-order valence-electron chi connectivity index (χ0n) is 15.0. The molecule has 0 aromatic heterocycles. The van der Waals surface area contributed by atoms with E-state index in [1.54, 1.807) is 24.0 Å². The Balaban J connectivity index is 1.67. The van der Waals surface area contributed by atoms with Crippen molar-refractivity contribution in [2.24, 2.45) is 0 Å². The zero-order chi connectivity index (χ0) is 18.2. The highest BCUT2D eigenvalue weighted by Crippen LogP contribution is 2.28. The minimum Gasteiger partial charge on any atom is -0.339 e. The van der Waals surface area contributed by atoms with Crippen LogP contribution < -0.4 is 5.32 Å². The number of urea groups is 1. The fourth-order valence-electron chi connectivity index (χ4n) is 3.85. The summed E-state index contributed by atoms with van der Waals surface area (Å²) in [5.41, 5.74) is 0.469. The maximum atomic E-state index is 13.0. The van der Waals surface area contributed by atoms with Gasteiger partial charge in [-0.1, -0.05) is 0 Å². The SMILES string of the molecule is CC(=O)N1CC2CN(C(=O)Nc3ccc(F)cc3)CCN2C(C)(C)C1. The molecule has 25 heavy (non-hydrogen) atoms. The highest BCUT2D eigenvalue weighted by atomic mass is 19.1. The number of amides is 3. The summed E-state index contributed by atoms with van der Waals surface area (Å²) in [5.74, 6) is -0.263. The van der Waals surface area contributed by atoms with E-state index in [2.05, 4.69) is 24.1 Å². The normalized spacial score (nSPS) is 23.1. The average molecular weight is 348 g/mol. The van der Waals surface area contributed by atoms with Gasteiger partial charge in [0.05, 0.1) is 0 Å². The first kappa shape index (κ1) is 17.7. The van der Waals surface area contributed by atoms with Crippen LogP contribution >= 0.6 is 0 Å². The van der Waals surface area contributed by atoms with Crippen LogP contribution in [0.25, 0.3) is 0 Å². The molecule has 7 heteroatoms. The molecule has 2 saturated heterocycles. The molecule has 2 aliphatic rings. The van der Waals surface area contributed by atoms with Crippen molar-refractivity contribution >= 4 is 17.6 Å². The number of hydrogen-bond donors (Lipinski definition) is 1. The van der Waals surface area contributed by atoms with E-state index in [-0.39, 0.29) is 29.3 Å². The number of carbonyl (C=O) groups is 2. The maximum Gasteiger partial charge on any atom is 0.321 e. The van der Waals surface area contributed by atoms with E-state index in [4.69, 9.17) is 0 Å². The molecule has 2 heterocycles. The van der Waals surface area contributed by atoms with Gasteiger partial charge in [-0.3, -0.25) is 9.69 Å². The number of halogens is 1. The number of hydrogen-bond acceptors (Lipinski definition) is 3. The number of nitrogens with one attached hydrogen (secondary N) is 1. The minimum absolute atomic E-state index is 0.0700. The van der Waals surface area contributed by atoms with E-state index in [0.29, 0.717) is 31.9 Å². The standard InChI is InChI=1S/C18H25FN4O2/c1-13(24)22-11-16-10-21(8-9-23(16)18(2,3)12-22)17(25)20-15-6-4-14(19)5-7-15/h4-7,16H,8-12H2,1-3H3,(H,20,25). The maximum absolute atomic E-state index is 13.0. The lowest BCUT2D eigenvalue weighted by molar-refractivity contribution is -0.138. The lowest BCUT2D eigenvalue weighted by Gasteiger charge is -2.55. The second-order valence-electron chi connectivity index (χ2n) is 7.44. The van der Waals surface area contributed by atoms with Crippen LogP contribution in [-0.2, 0) is 4.79 Å². The van der Waals surface area contributed by atoms with Crippen LogP contribution in [0.3, 0.4) is 0 Å². The van der Waals surface area contributed by atoms with Gasteiger partial charge in [-0.05, 0) is 38.1 Å². The highest BCUT2D eigenvalue weighted by Gasteiger charge is 2.43. The van der Waals surface area contributed by atoms with Crippen molar-refractivity contribution in [1.29, 1.82) is 0 Å². The van der Waals surface area contributed by atoms with Gasteiger partial charge >= 0.3 is 6.03 Å². The Labute approximate surface area is 147 Å². The molecule has 1 atom stereocenters. The number of rotatable bonds is 1. The summed E-state index contributed by atoms with van der Waals surface area (Å²) in [6.07, 6.45) is 0. The van der Waals surface area contributed by atoms with E-state index in [1.165, 1.54) is 12.1 Å². The third-order valence-electron chi connectivity index (χ3n) is 5.10. The van der Waals surface area contributed by atoms with Crippen molar-refractivity contribution in [2.75, 3.05) is 38.0 Å². The molecule has 2 fully saturated rings. The van der Waals surface area contributed by atoms with Crippen molar-refractivity contribution in [2.45, 2.75) is 32.4 Å². The Morgan fingerprint density at radius 3 is 2.40 bits per heavy atom. The van der Waals surface area contributed by atoms with Gasteiger partial charge in [-0.2, -0.15) is 0 Å². The predicted octanol–water partition coefficient (Wildman–Crippen LogP) is 1.98. The molecule has 0 saturated carbocycles. The van der Waals surface area contributed by atoms with Crippen LogP contribution in [0.1, 0.15) is 20.8 Å². The number of benzene rings is 1. The highest BCUT2D eigenvalue weighted by molar-refractivity contribution is 5.89. The lowest BCUT2D eigenvalue weighted by Crippen LogP contribution is -2.70. The number of piperazine rings is 2. The van der Waals surface area contributed by atoms with E-state index in [1.807, 2.05) is 4.90 Å². The first-order valence-corrected chi connectivity index (χ1v) is 8.60. The van der Waals surface area contributed by atoms with Gasteiger partial charge in [0.2, 0.25) is 5.91 Å². The van der Waals surface area contributed by atoms with Crippen LogP contribution in [0, 0.1) is 5.82 Å². The molecule has 3 amide bonds. The van der Waals surface area contributed by atoms with E-state index in [0.717, 1.165) is 6.54 Å². The predicted molar refractivity (Wildman–Crippen MR) is 93.8 cm³/mol. The molecule has 1 aromatic carbocycles. The second-order valence-corrected chi connectivity index (χ2v) is 7.44. The molecule has 0 spiro atoms. The quantitative estimate of drug-likeness (QED) is 0.844. The smallest absolute Gasteiger partial charge is 0.321 e. The fourth-order valence-corrected chi connectivity index (χ4v) is 3.85. The Morgan fingerprint density at radius 1 is 1.12 bits per heavy atom. The van der Waals surface area contributed by atoms with Gasteiger partial charge < -0.3 is 15.1 Å². The van der Waals surface area contributed by atoms with Gasteiger partial charge in [0, 0.05) is 56.9 Å². The van der Waals surface area contributed by atoms with Crippen LogP contribution in [-0.4, -0.2) is 70.9 Å². The number of nitrogens with zero attached hydrogens (tertiary/aromatic N) is 3. The van der Waals surface area contributed by atoms with Gasteiger partial charge in [-0.15, -0.1) is 0 Å². The van der Waals surface area contributed by atoms with Crippen molar-refractivity contribution in [3.8, 4) is 0 Å². The summed E-state index contributed by atoms with van der Waals surface area (Å²) in [6, 6.07) is 5.67. The second kappa shape index (κ2) is 6.63. The Bertz CT molecular complexity index is 662. The molecule has 1 aromatic rings. The Hall–Kier alpha value is -2.15. The molecule has 0 aliphatic carbocycles. The van der Waals surface area contributed by atoms with Crippen LogP contribution in [0.15, 0.2) is 24.3 Å². The summed E-state index contributed by atoms with van der Waals surface area (Å²) >= 11 is 0. The van der Waals surface area contributed by atoms with Gasteiger partial charge in [0.15, 0.2) is 0 Å². The van der Waals surface area contributed by atoms with Crippen LogP contribution in [0.5, 0.6) is 0 Å². The number of anilines is 1. The average Bonchev–Trinajstić information content (AvgIpc) is 2.55. The third kappa shape index (κ3) is 3.76. The van der Waals surface area contributed by atoms with Crippen molar-refractivity contribution in [3.05, 3.63) is 30.1 Å². The van der Waals surface area contributed by atoms with Gasteiger partial charge in [0.1, 0.15) is 5.82 Å². The van der Waals surface area contributed by atoms with E-state index in [9.17, 15) is 14.0 Å². The fraction of sp³-hybridized carbons (Fsp3) is 0.556. The lowest BCUT2D eigenvalue weighted by atomic mass is 9.93. The summed E-state index contributed by atoms with van der Waals surface area (Å²) in [7, 11) is 0. The molecule has 1 N–H and O–H groups in total. The largest absolute Gasteiger partial charge is 0.339 e. The molecular formula is C18H25FN4O2. The van der Waals surface area contributed by atoms with Gasteiger partial charge in [0.25, 0.3) is 0 Å². The molecule has 1 unspecified atom stereocenters.